The highest BCUT2D eigenvalue weighted by atomic mass is 16.7. The molecule has 0 radical (unpaired) electrons. The molecule has 2 unspecified atom stereocenters. The molecule has 0 aromatic carbocycles. The van der Waals surface area contributed by atoms with E-state index in [0.29, 0.717) is 17.4 Å². The normalized spacial score (nSPS) is 13.6. The molecule has 2 atom stereocenters. The number of carbonyl (C=O) groups is 3. The van der Waals surface area contributed by atoms with Crippen LogP contribution >= 0.6 is 0 Å². The number of quaternary nitrogens is 1. The van der Waals surface area contributed by atoms with Crippen LogP contribution < -0.4 is 0 Å². The van der Waals surface area contributed by atoms with Crippen LogP contribution in [0, 0.1) is 0 Å². The molecule has 0 saturated heterocycles. The van der Waals surface area contributed by atoms with Crippen LogP contribution in [0.25, 0.3) is 0 Å². The number of carboxylic acids is 1. The molecule has 0 aliphatic carbocycles. The molecule has 9 nitrogen and oxygen atoms in total. The van der Waals surface area contributed by atoms with Gasteiger partial charge in [0.25, 0.3) is 6.29 Å². The predicted molar refractivity (Wildman–Crippen MR) is 364 cm³/mol. The fourth-order valence-electron chi connectivity index (χ4n) is 9.15. The second kappa shape index (κ2) is 65.4. The van der Waals surface area contributed by atoms with Gasteiger partial charge in [-0.05, 0) is 116 Å². The van der Waals surface area contributed by atoms with Gasteiger partial charge in [-0.1, -0.05) is 276 Å². The number of nitrogens with zero attached hydrogens (tertiary/aromatic N) is 1. The monoisotopic (exact) mass is 1180 g/mol. The fourth-order valence-corrected chi connectivity index (χ4v) is 9.15. The molecule has 0 fully saturated rings. The van der Waals surface area contributed by atoms with Crippen LogP contribution in [0.2, 0.25) is 0 Å². The molecule has 0 amide bonds. The summed E-state index contributed by atoms with van der Waals surface area (Å²) in [6.45, 7) is 4.72. The average molecular weight is 1180 g/mol. The SMILES string of the molecule is CC/C=C\C/C=C\C/C=C\C/C=C\C/C=C\C/C=C\C/C=C\C/C=C\CCCCCCC(=O)OC(COC(=O)CCCCCCCCCCCCCCCCCC/C=C\C/C=C\C/C=C\CCCCCCC)COC(OCC[N+](C)(C)C)C(=O)O. The summed E-state index contributed by atoms with van der Waals surface area (Å²) in [7, 11) is 5.96. The molecule has 0 aromatic rings. The Morgan fingerprint density at radius 1 is 0.365 bits per heavy atom. The second-order valence-electron chi connectivity index (χ2n) is 23.7. The second-order valence-corrected chi connectivity index (χ2v) is 23.7. The van der Waals surface area contributed by atoms with Gasteiger partial charge >= 0.3 is 17.9 Å². The van der Waals surface area contributed by atoms with Gasteiger partial charge in [-0.15, -0.1) is 0 Å². The van der Waals surface area contributed by atoms with E-state index >= 15 is 0 Å². The summed E-state index contributed by atoms with van der Waals surface area (Å²) in [5.41, 5.74) is 0. The lowest BCUT2D eigenvalue weighted by Crippen LogP contribution is -2.40. The highest BCUT2D eigenvalue weighted by Gasteiger charge is 2.25. The average Bonchev–Trinajstić information content (AvgIpc) is 3.48. The number of hydrogen-bond donors (Lipinski definition) is 1. The fraction of sp³-hybridized carbons (Fsp3) is 0.671. The third-order valence-corrected chi connectivity index (χ3v) is 14.4. The van der Waals surface area contributed by atoms with Gasteiger partial charge in [-0.25, -0.2) is 4.79 Å². The largest absolute Gasteiger partial charge is 0.477 e. The van der Waals surface area contributed by atoms with E-state index in [2.05, 4.69) is 148 Å². The summed E-state index contributed by atoms with van der Waals surface area (Å²) in [5, 5.41) is 9.74. The minimum absolute atomic E-state index is 0.176. The molecule has 0 bridgehead atoms. The van der Waals surface area contributed by atoms with E-state index in [1.807, 2.05) is 21.1 Å². The van der Waals surface area contributed by atoms with Crippen LogP contribution in [0.1, 0.15) is 271 Å². The molecule has 0 heterocycles. The van der Waals surface area contributed by atoms with Crippen molar-refractivity contribution < 1.29 is 42.9 Å². The Morgan fingerprint density at radius 2 is 0.671 bits per heavy atom. The number of carbonyl (C=O) groups excluding carboxylic acids is 2. The van der Waals surface area contributed by atoms with Gasteiger partial charge in [0.05, 0.1) is 34.4 Å². The minimum Gasteiger partial charge on any atom is -0.477 e. The molecule has 0 aliphatic rings. The van der Waals surface area contributed by atoms with Crippen molar-refractivity contribution in [1.29, 1.82) is 0 Å². The Bertz CT molecular complexity index is 1860. The third kappa shape index (κ3) is 66.8. The zero-order valence-corrected chi connectivity index (χ0v) is 55.2. The van der Waals surface area contributed by atoms with Crippen LogP contribution in [-0.2, 0) is 33.3 Å². The molecule has 0 saturated carbocycles. The number of ether oxygens (including phenoxy) is 4. The zero-order chi connectivity index (χ0) is 61.9. The highest BCUT2D eigenvalue weighted by Crippen LogP contribution is 2.16. The number of allylic oxidation sites excluding steroid dienone is 22. The smallest absolute Gasteiger partial charge is 0.361 e. The number of esters is 2. The van der Waals surface area contributed by atoms with Crippen LogP contribution in [-0.4, -0.2) is 87.4 Å². The quantitative estimate of drug-likeness (QED) is 0.0211. The molecule has 0 aromatic heterocycles. The number of rotatable bonds is 62. The van der Waals surface area contributed by atoms with Crippen molar-refractivity contribution in [2.24, 2.45) is 0 Å². The number of aliphatic carboxylic acids is 1. The van der Waals surface area contributed by atoms with E-state index in [-0.39, 0.29) is 38.6 Å². The molecule has 484 valence electrons. The maximum absolute atomic E-state index is 12.9. The Balaban J connectivity index is 4.22. The van der Waals surface area contributed by atoms with Gasteiger partial charge in [-0.3, -0.25) is 9.59 Å². The van der Waals surface area contributed by atoms with Crippen molar-refractivity contribution in [3.63, 3.8) is 0 Å². The van der Waals surface area contributed by atoms with Crippen LogP contribution in [0.4, 0.5) is 0 Å². The van der Waals surface area contributed by atoms with Crippen LogP contribution in [0.5, 0.6) is 0 Å². The highest BCUT2D eigenvalue weighted by molar-refractivity contribution is 5.71. The van der Waals surface area contributed by atoms with E-state index in [0.717, 1.165) is 109 Å². The first kappa shape index (κ1) is 80.4. The molecule has 0 aliphatic heterocycles. The van der Waals surface area contributed by atoms with Gasteiger partial charge in [0, 0.05) is 12.8 Å². The van der Waals surface area contributed by atoms with Crippen molar-refractivity contribution in [3.05, 3.63) is 134 Å². The van der Waals surface area contributed by atoms with Gasteiger partial charge in [-0.2, -0.15) is 0 Å². The molecule has 0 rings (SSSR count). The summed E-state index contributed by atoms with van der Waals surface area (Å²) in [6.07, 6.45) is 91.3. The van der Waals surface area contributed by atoms with E-state index in [1.54, 1.807) is 0 Å². The summed E-state index contributed by atoms with van der Waals surface area (Å²) < 4.78 is 22.9. The molecular weight excluding hydrogens is 1050 g/mol. The number of likely N-dealkylation sites (N-methyl/N-ethyl adjacent to an activating group) is 1. The summed E-state index contributed by atoms with van der Waals surface area (Å²) in [4.78, 5) is 37.6. The lowest BCUT2D eigenvalue weighted by atomic mass is 10.0. The summed E-state index contributed by atoms with van der Waals surface area (Å²) in [5.74, 6) is -2.05. The third-order valence-electron chi connectivity index (χ3n) is 14.4. The first-order valence-corrected chi connectivity index (χ1v) is 34.3. The van der Waals surface area contributed by atoms with Gasteiger partial charge in [0.15, 0.2) is 6.10 Å². The lowest BCUT2D eigenvalue weighted by molar-refractivity contribution is -0.870. The van der Waals surface area contributed by atoms with E-state index in [9.17, 15) is 19.5 Å². The van der Waals surface area contributed by atoms with Crippen molar-refractivity contribution >= 4 is 17.9 Å². The van der Waals surface area contributed by atoms with Crippen molar-refractivity contribution in [2.45, 2.75) is 283 Å². The Hall–Kier alpha value is -4.57. The Kier molecular flexibility index (Phi) is 61.9. The molecular formula is C76H128NO8+. The Morgan fingerprint density at radius 3 is 1.00 bits per heavy atom. The minimum atomic E-state index is -1.53. The van der Waals surface area contributed by atoms with Crippen molar-refractivity contribution in [3.8, 4) is 0 Å². The number of hydrogen-bond acceptors (Lipinski definition) is 7. The van der Waals surface area contributed by atoms with Gasteiger partial charge in [0.2, 0.25) is 0 Å². The first-order valence-electron chi connectivity index (χ1n) is 34.3. The van der Waals surface area contributed by atoms with Crippen LogP contribution in [0.15, 0.2) is 134 Å². The summed E-state index contributed by atoms with van der Waals surface area (Å²) in [6, 6.07) is 0. The Labute approximate surface area is 522 Å². The molecule has 1 N–H and O–H groups in total. The maximum Gasteiger partial charge on any atom is 0.361 e. The first-order chi connectivity index (χ1) is 41.6. The van der Waals surface area contributed by atoms with Gasteiger partial charge < -0.3 is 28.5 Å². The van der Waals surface area contributed by atoms with E-state index < -0.39 is 24.3 Å². The predicted octanol–water partition coefficient (Wildman–Crippen LogP) is 21.4. The summed E-state index contributed by atoms with van der Waals surface area (Å²) >= 11 is 0. The van der Waals surface area contributed by atoms with E-state index in [4.69, 9.17) is 18.9 Å². The van der Waals surface area contributed by atoms with Crippen molar-refractivity contribution in [2.75, 3.05) is 47.5 Å². The molecule has 9 heteroatoms. The van der Waals surface area contributed by atoms with Crippen molar-refractivity contribution in [1.82, 2.24) is 0 Å². The number of carboxylic acid groups (broad SMARTS) is 1. The lowest BCUT2D eigenvalue weighted by Gasteiger charge is -2.25. The van der Waals surface area contributed by atoms with Gasteiger partial charge in [0.1, 0.15) is 13.2 Å². The molecule has 0 spiro atoms. The zero-order valence-electron chi connectivity index (χ0n) is 55.2. The standard InChI is InChI=1S/C76H127NO8/c1-6-8-10-12-14-16-18-20-22-24-26-28-30-32-34-36-37-39-40-42-44-46-48-50-52-54-56-58-60-62-64-66-73(78)83-70-72(71-84-76(75(80)81)82-69-68-77(3,4)5)85-74(79)67-65-63-61-59-57-55-53-51-49-47-45-43-41-38-35-33-31-29-27-25-23-21-19-17-15-13-11-9-7-2/h9,11,15,17-18,20-21,23-24,26-27,29-30,32-33,35,41,43,47,49,53,55,72,76H,6-8,10,12-14,16,19,22,25,28,31,34,36-40,42,44-46,48,50-52,54,56-71H2,1-5H3/p+1/b11-9-,17-15-,20-18-,23-21-,26-24-,29-27-,32-30-,35-33-,43-41-,49-47-,55-53-. The maximum atomic E-state index is 12.9. The molecule has 85 heavy (non-hydrogen) atoms. The number of unbranched alkanes of at least 4 members (excludes halogenated alkanes) is 25. The van der Waals surface area contributed by atoms with E-state index in [1.165, 1.54) is 128 Å². The topological polar surface area (TPSA) is 108 Å². The van der Waals surface area contributed by atoms with Crippen LogP contribution in [0.3, 0.4) is 0 Å².